The maximum absolute atomic E-state index is 4.17. The minimum absolute atomic E-state index is 0. The summed E-state index contributed by atoms with van der Waals surface area (Å²) in [5.41, 5.74) is 10.6. The molecule has 0 saturated carbocycles. The average Bonchev–Trinajstić information content (AvgIpc) is 2.87. The Kier molecular flexibility index (Phi) is 36.8. The Morgan fingerprint density at radius 1 is 0.714 bits per heavy atom. The molecule has 0 aliphatic carbocycles. The molecule has 0 spiro atoms. The normalized spacial score (nSPS) is 8.83. The minimum Gasteiger partial charge on any atom is -0.0912 e. The summed E-state index contributed by atoms with van der Waals surface area (Å²) in [6.45, 7) is 35.5. The second kappa shape index (κ2) is 30.0. The molecule has 0 bridgehead atoms. The molecule has 0 heteroatoms. The maximum Gasteiger partial charge on any atom is -0.0158 e. The number of hydrogen-bond donors (Lipinski definition) is 0. The van der Waals surface area contributed by atoms with Crippen molar-refractivity contribution in [3.63, 3.8) is 0 Å². The molecule has 0 N–H and O–H groups in total. The Morgan fingerprint density at radius 2 is 1.14 bits per heavy atom. The highest BCUT2D eigenvalue weighted by Crippen LogP contribution is 2.24. The molecular weight excluding hydrogens is 420 g/mol. The van der Waals surface area contributed by atoms with Crippen LogP contribution >= 0.6 is 0 Å². The van der Waals surface area contributed by atoms with Gasteiger partial charge in [0.1, 0.15) is 0 Å². The van der Waals surface area contributed by atoms with Gasteiger partial charge in [-0.3, -0.25) is 0 Å². The van der Waals surface area contributed by atoms with Crippen molar-refractivity contribution in [2.24, 2.45) is 0 Å². The SMILES string of the molecule is C.C=C(/C=C(\C)CC)c1ccc(C)c(C)c1C.CC.CC.CC.CCC.CCc1ccc(C)cc1. The zero-order valence-corrected chi connectivity index (χ0v) is 25.9. The summed E-state index contributed by atoms with van der Waals surface area (Å²) in [4.78, 5) is 0. The van der Waals surface area contributed by atoms with E-state index in [1.54, 1.807) is 0 Å². The fraction of sp³-hybridized carbons (Fsp3) is 0.543. The fourth-order valence-electron chi connectivity index (χ4n) is 2.60. The van der Waals surface area contributed by atoms with Crippen LogP contribution in [-0.2, 0) is 6.42 Å². The standard InChI is InChI=1S/C16H22.C9H12.C3H8.3C2H6.CH4/c1-7-11(2)10-13(4)16-9-8-12(3)14(5)15(16)6;1-3-9-6-4-8(2)5-7-9;1-3-2;3*1-2;/h8-10H,4,7H2,1-3,5-6H3;4-7H,3H2,1-2H3;3H2,1-2H3;3*1-2H3;1H4/b11-10+;;;;;;. The highest BCUT2D eigenvalue weighted by Gasteiger charge is 2.05. The molecule has 35 heavy (non-hydrogen) atoms. The van der Waals surface area contributed by atoms with Crippen molar-refractivity contribution >= 4 is 5.57 Å². The molecule has 0 amide bonds. The van der Waals surface area contributed by atoms with Crippen molar-refractivity contribution in [1.29, 1.82) is 0 Å². The second-order valence-electron chi connectivity index (χ2n) is 7.60. The Morgan fingerprint density at radius 3 is 1.51 bits per heavy atom. The summed E-state index contributed by atoms with van der Waals surface area (Å²) in [7, 11) is 0. The van der Waals surface area contributed by atoms with Gasteiger partial charge in [-0.25, -0.2) is 0 Å². The fourth-order valence-corrected chi connectivity index (χ4v) is 2.60. The van der Waals surface area contributed by atoms with Crippen LogP contribution in [0.5, 0.6) is 0 Å². The van der Waals surface area contributed by atoms with Crippen LogP contribution in [0.1, 0.15) is 130 Å². The van der Waals surface area contributed by atoms with Crippen LogP contribution in [0.3, 0.4) is 0 Å². The van der Waals surface area contributed by atoms with Gasteiger partial charge < -0.3 is 0 Å². The molecular formula is C35H64. The van der Waals surface area contributed by atoms with E-state index in [0.717, 1.165) is 18.4 Å². The molecule has 2 aromatic rings. The molecule has 2 aromatic carbocycles. The van der Waals surface area contributed by atoms with Gasteiger partial charge in [0.25, 0.3) is 0 Å². The summed E-state index contributed by atoms with van der Waals surface area (Å²) < 4.78 is 0. The topological polar surface area (TPSA) is 0 Å². The molecule has 0 unspecified atom stereocenters. The zero-order chi connectivity index (χ0) is 27.7. The lowest BCUT2D eigenvalue weighted by molar-refractivity contribution is 1.09. The first kappa shape index (κ1) is 43.0. The van der Waals surface area contributed by atoms with E-state index < -0.39 is 0 Å². The molecule has 204 valence electrons. The maximum atomic E-state index is 4.17. The van der Waals surface area contributed by atoms with Gasteiger partial charge in [-0.15, -0.1) is 0 Å². The summed E-state index contributed by atoms with van der Waals surface area (Å²) >= 11 is 0. The number of hydrogen-bond acceptors (Lipinski definition) is 0. The van der Waals surface area contributed by atoms with Gasteiger partial charge in [0, 0.05) is 0 Å². The van der Waals surface area contributed by atoms with Crippen LogP contribution in [-0.4, -0.2) is 0 Å². The van der Waals surface area contributed by atoms with E-state index in [2.05, 4.69) is 111 Å². The van der Waals surface area contributed by atoms with E-state index in [-0.39, 0.29) is 7.43 Å². The number of allylic oxidation sites excluding steroid dienone is 3. The van der Waals surface area contributed by atoms with Crippen LogP contribution in [0.4, 0.5) is 0 Å². The third-order valence-corrected chi connectivity index (χ3v) is 4.91. The van der Waals surface area contributed by atoms with Crippen molar-refractivity contribution in [2.75, 3.05) is 0 Å². The number of benzene rings is 2. The van der Waals surface area contributed by atoms with Gasteiger partial charge in [-0.1, -0.05) is 143 Å². The van der Waals surface area contributed by atoms with E-state index >= 15 is 0 Å². The highest BCUT2D eigenvalue weighted by molar-refractivity contribution is 5.75. The first-order valence-corrected chi connectivity index (χ1v) is 13.7. The molecule has 0 aliphatic heterocycles. The van der Waals surface area contributed by atoms with Crippen molar-refractivity contribution in [2.45, 2.75) is 131 Å². The van der Waals surface area contributed by atoms with E-state index in [1.807, 2.05) is 41.5 Å². The molecule has 0 saturated heterocycles. The summed E-state index contributed by atoms with van der Waals surface area (Å²) in [5.74, 6) is 0. The predicted octanol–water partition coefficient (Wildman–Crippen LogP) is 12.7. The van der Waals surface area contributed by atoms with Crippen LogP contribution in [0.15, 0.2) is 54.6 Å². The molecule has 0 aliphatic rings. The molecule has 0 atom stereocenters. The van der Waals surface area contributed by atoms with E-state index in [4.69, 9.17) is 0 Å². The molecule has 0 heterocycles. The third-order valence-electron chi connectivity index (χ3n) is 4.91. The van der Waals surface area contributed by atoms with Crippen molar-refractivity contribution in [3.05, 3.63) is 88.0 Å². The summed E-state index contributed by atoms with van der Waals surface area (Å²) in [6, 6.07) is 13.0. The first-order valence-electron chi connectivity index (χ1n) is 13.7. The van der Waals surface area contributed by atoms with Gasteiger partial charge in [0.05, 0.1) is 0 Å². The van der Waals surface area contributed by atoms with Crippen LogP contribution in [0, 0.1) is 27.7 Å². The molecule has 0 fully saturated rings. The summed E-state index contributed by atoms with van der Waals surface area (Å²) in [6.07, 6.45) is 5.67. The molecule has 0 nitrogen and oxygen atoms in total. The largest absolute Gasteiger partial charge is 0.0912 e. The van der Waals surface area contributed by atoms with Gasteiger partial charge in [-0.2, -0.15) is 0 Å². The third kappa shape index (κ3) is 21.0. The Labute approximate surface area is 224 Å². The van der Waals surface area contributed by atoms with Crippen LogP contribution in [0.2, 0.25) is 0 Å². The number of aryl methyl sites for hydroxylation is 3. The number of rotatable bonds is 4. The van der Waals surface area contributed by atoms with Gasteiger partial charge in [0.2, 0.25) is 0 Å². The first-order chi connectivity index (χ1) is 16.2. The van der Waals surface area contributed by atoms with E-state index in [1.165, 1.54) is 45.4 Å². The van der Waals surface area contributed by atoms with Crippen molar-refractivity contribution < 1.29 is 0 Å². The van der Waals surface area contributed by atoms with Crippen LogP contribution < -0.4 is 0 Å². The lowest BCUT2D eigenvalue weighted by Crippen LogP contribution is -1.93. The minimum atomic E-state index is 0. The molecule has 0 radical (unpaired) electrons. The average molecular weight is 485 g/mol. The lowest BCUT2D eigenvalue weighted by atomic mass is 9.94. The highest BCUT2D eigenvalue weighted by atomic mass is 14.1. The zero-order valence-electron chi connectivity index (χ0n) is 25.9. The van der Waals surface area contributed by atoms with Crippen molar-refractivity contribution in [1.82, 2.24) is 0 Å². The lowest BCUT2D eigenvalue weighted by Gasteiger charge is -2.12. The monoisotopic (exact) mass is 485 g/mol. The van der Waals surface area contributed by atoms with E-state index in [0.29, 0.717) is 0 Å². The van der Waals surface area contributed by atoms with Crippen LogP contribution in [0.25, 0.3) is 5.57 Å². The Bertz CT molecular complexity index is 742. The second-order valence-corrected chi connectivity index (χ2v) is 7.60. The smallest absolute Gasteiger partial charge is 0.0158 e. The van der Waals surface area contributed by atoms with E-state index in [9.17, 15) is 0 Å². The van der Waals surface area contributed by atoms with Gasteiger partial charge in [0.15, 0.2) is 0 Å². The quantitative estimate of drug-likeness (QED) is 0.378. The Hall–Kier alpha value is -2.08. The van der Waals surface area contributed by atoms with Gasteiger partial charge in [-0.05, 0) is 80.9 Å². The summed E-state index contributed by atoms with van der Waals surface area (Å²) in [5, 5.41) is 0. The molecule has 0 aromatic heterocycles. The Balaban J connectivity index is -0.000000134. The van der Waals surface area contributed by atoms with Gasteiger partial charge >= 0.3 is 0 Å². The predicted molar refractivity (Wildman–Crippen MR) is 171 cm³/mol. The van der Waals surface area contributed by atoms with Crippen molar-refractivity contribution in [3.8, 4) is 0 Å². The molecule has 2 rings (SSSR count).